The van der Waals surface area contributed by atoms with E-state index < -0.39 is 17.3 Å². The number of benzene rings is 2. The van der Waals surface area contributed by atoms with E-state index in [2.05, 4.69) is 10.0 Å². The third-order valence-corrected chi connectivity index (χ3v) is 3.53. The van der Waals surface area contributed by atoms with Gasteiger partial charge in [-0.05, 0) is 17.7 Å². The van der Waals surface area contributed by atoms with Gasteiger partial charge < -0.3 is 14.6 Å². The van der Waals surface area contributed by atoms with Crippen LogP contribution in [-0.2, 0) is 16.1 Å². The lowest BCUT2D eigenvalue weighted by atomic mass is 10.1. The maximum absolute atomic E-state index is 11.8. The minimum atomic E-state index is -2.43. The Bertz CT molecular complexity index is 637. The van der Waals surface area contributed by atoms with Gasteiger partial charge in [-0.1, -0.05) is 48.5 Å². The van der Waals surface area contributed by atoms with Crippen molar-refractivity contribution in [3.05, 3.63) is 66.2 Å². The fraction of sp³-hybridized carbons (Fsp3) is 0.188. The number of hydrogen-bond acceptors (Lipinski definition) is 4. The molecule has 2 unspecified atom stereocenters. The summed E-state index contributed by atoms with van der Waals surface area (Å²) in [5.41, 5.74) is 0.765. The zero-order valence-corrected chi connectivity index (χ0v) is 13.1. The number of hydrogen-bond donors (Lipinski definition) is 2. The lowest BCUT2D eigenvalue weighted by Crippen LogP contribution is -2.37. The van der Waals surface area contributed by atoms with Crippen molar-refractivity contribution < 1.29 is 18.3 Å². The number of para-hydroxylation sites is 1. The van der Waals surface area contributed by atoms with Gasteiger partial charge in [0, 0.05) is 17.8 Å². The Morgan fingerprint density at radius 1 is 1.09 bits per heavy atom. The van der Waals surface area contributed by atoms with Crippen molar-refractivity contribution in [3.63, 3.8) is 0 Å². The number of rotatable bonds is 8. The molecule has 2 aromatic rings. The van der Waals surface area contributed by atoms with Gasteiger partial charge in [0.1, 0.15) is 5.75 Å². The Hall–Kier alpha value is -2.22. The number of carbonyl (C=O) groups is 1. The van der Waals surface area contributed by atoms with Crippen LogP contribution in [0.4, 0.5) is 0 Å². The van der Waals surface area contributed by atoms with Crippen LogP contribution in [0.3, 0.4) is 0 Å². The first-order valence-electron chi connectivity index (χ1n) is 7.00. The maximum Gasteiger partial charge on any atom is 0.258 e. The molecule has 2 N–H and O–H groups in total. The van der Waals surface area contributed by atoms with Crippen molar-refractivity contribution in [3.8, 4) is 5.75 Å². The monoisotopic (exact) mass is 333 g/mol. The Morgan fingerprint density at radius 2 is 1.70 bits per heavy atom. The number of amides is 1. The fourth-order valence-electron chi connectivity index (χ4n) is 1.96. The summed E-state index contributed by atoms with van der Waals surface area (Å²) < 4.78 is 29.5. The molecule has 0 fully saturated rings. The maximum atomic E-state index is 11.8. The van der Waals surface area contributed by atoms with Crippen LogP contribution >= 0.6 is 0 Å². The smallest absolute Gasteiger partial charge is 0.258 e. The lowest BCUT2D eigenvalue weighted by molar-refractivity contribution is -0.123. The normalized spacial score (nSPS) is 13.1. The van der Waals surface area contributed by atoms with Crippen LogP contribution in [0.1, 0.15) is 11.6 Å². The van der Waals surface area contributed by atoms with E-state index in [4.69, 9.17) is 4.74 Å². The molecule has 0 saturated heterocycles. The molecular weight excluding hydrogens is 316 g/mol. The second-order valence-electron chi connectivity index (χ2n) is 4.72. The highest BCUT2D eigenvalue weighted by molar-refractivity contribution is 7.77. The molecule has 0 radical (unpaired) electrons. The SMILES string of the molecule is O=C(COc1ccccc1)NCC(NS(=O)[O-])c1ccccc1. The van der Waals surface area contributed by atoms with Crippen LogP contribution < -0.4 is 14.8 Å². The van der Waals surface area contributed by atoms with Gasteiger partial charge in [0.2, 0.25) is 0 Å². The van der Waals surface area contributed by atoms with E-state index >= 15 is 0 Å². The minimum Gasteiger partial charge on any atom is -0.760 e. The summed E-state index contributed by atoms with van der Waals surface area (Å²) in [4.78, 5) is 11.8. The van der Waals surface area contributed by atoms with Gasteiger partial charge in [0.05, 0.1) is 6.04 Å². The van der Waals surface area contributed by atoms with Crippen LogP contribution in [-0.4, -0.2) is 27.8 Å². The second kappa shape index (κ2) is 9.04. The van der Waals surface area contributed by atoms with Crippen molar-refractivity contribution in [1.29, 1.82) is 0 Å². The Labute approximate surface area is 137 Å². The second-order valence-corrected chi connectivity index (χ2v) is 5.43. The molecule has 0 saturated carbocycles. The summed E-state index contributed by atoms with van der Waals surface area (Å²) in [7, 11) is 0. The molecular formula is C16H17N2O4S-. The Kier molecular flexibility index (Phi) is 6.74. The van der Waals surface area contributed by atoms with E-state index in [1.54, 1.807) is 36.4 Å². The largest absolute Gasteiger partial charge is 0.760 e. The van der Waals surface area contributed by atoms with Crippen LogP contribution in [0.25, 0.3) is 0 Å². The van der Waals surface area contributed by atoms with Crippen molar-refractivity contribution in [1.82, 2.24) is 10.0 Å². The zero-order chi connectivity index (χ0) is 16.5. The number of ether oxygens (including phenoxy) is 1. The molecule has 0 bridgehead atoms. The van der Waals surface area contributed by atoms with Gasteiger partial charge in [-0.25, -0.2) is 4.72 Å². The molecule has 0 aliphatic rings. The summed E-state index contributed by atoms with van der Waals surface area (Å²) in [6, 6.07) is 17.5. The molecule has 2 atom stereocenters. The first-order valence-corrected chi connectivity index (χ1v) is 8.07. The lowest BCUT2D eigenvalue weighted by Gasteiger charge is -2.21. The first kappa shape index (κ1) is 17.1. The van der Waals surface area contributed by atoms with Gasteiger partial charge in [-0.2, -0.15) is 0 Å². The van der Waals surface area contributed by atoms with Crippen LogP contribution in [0.15, 0.2) is 60.7 Å². The Balaban J connectivity index is 1.85. The number of nitrogens with one attached hydrogen (secondary N) is 2. The van der Waals surface area contributed by atoms with Crippen LogP contribution in [0.2, 0.25) is 0 Å². The molecule has 23 heavy (non-hydrogen) atoms. The van der Waals surface area contributed by atoms with Crippen LogP contribution in [0, 0.1) is 0 Å². The van der Waals surface area contributed by atoms with E-state index in [-0.39, 0.29) is 19.1 Å². The van der Waals surface area contributed by atoms with Crippen LogP contribution in [0.5, 0.6) is 5.75 Å². The average molecular weight is 333 g/mol. The standard InChI is InChI=1S/C16H18N2O4S/c19-16(12-22-14-9-5-2-6-10-14)17-11-15(18-23(20)21)13-7-3-1-4-8-13/h1-10,15,18H,11-12H2,(H,17,19)(H,20,21)/p-1. The molecule has 7 heteroatoms. The molecule has 122 valence electrons. The zero-order valence-electron chi connectivity index (χ0n) is 12.3. The predicted molar refractivity (Wildman–Crippen MR) is 86.2 cm³/mol. The minimum absolute atomic E-state index is 0.133. The molecule has 2 aromatic carbocycles. The van der Waals surface area contributed by atoms with E-state index in [0.29, 0.717) is 5.75 Å². The third kappa shape index (κ3) is 6.19. The molecule has 2 rings (SSSR count). The molecule has 0 aromatic heterocycles. The fourth-order valence-corrected chi connectivity index (χ4v) is 2.41. The molecule has 0 aliphatic carbocycles. The van der Waals surface area contributed by atoms with Crippen molar-refractivity contribution in [2.75, 3.05) is 13.2 Å². The average Bonchev–Trinajstić information content (AvgIpc) is 2.58. The summed E-state index contributed by atoms with van der Waals surface area (Å²) >= 11 is -2.43. The predicted octanol–water partition coefficient (Wildman–Crippen LogP) is 1.31. The molecule has 6 nitrogen and oxygen atoms in total. The molecule has 1 amide bonds. The Morgan fingerprint density at radius 3 is 2.30 bits per heavy atom. The van der Waals surface area contributed by atoms with Gasteiger partial charge in [0.15, 0.2) is 6.61 Å². The highest BCUT2D eigenvalue weighted by atomic mass is 32.2. The van der Waals surface area contributed by atoms with Crippen molar-refractivity contribution in [2.45, 2.75) is 6.04 Å². The highest BCUT2D eigenvalue weighted by Gasteiger charge is 2.12. The van der Waals surface area contributed by atoms with E-state index in [1.807, 2.05) is 24.3 Å². The van der Waals surface area contributed by atoms with Gasteiger partial charge in [-0.3, -0.25) is 9.00 Å². The molecule has 0 heterocycles. The number of carbonyl (C=O) groups excluding carboxylic acids is 1. The summed E-state index contributed by atoms with van der Waals surface area (Å²) in [5.74, 6) is 0.273. The summed E-state index contributed by atoms with van der Waals surface area (Å²) in [6.07, 6.45) is 0. The van der Waals surface area contributed by atoms with Gasteiger partial charge in [-0.15, -0.1) is 0 Å². The van der Waals surface area contributed by atoms with Gasteiger partial charge >= 0.3 is 0 Å². The molecule has 0 aliphatic heterocycles. The van der Waals surface area contributed by atoms with E-state index in [1.165, 1.54) is 0 Å². The topological polar surface area (TPSA) is 90.5 Å². The van der Waals surface area contributed by atoms with E-state index in [0.717, 1.165) is 5.56 Å². The van der Waals surface area contributed by atoms with Crippen molar-refractivity contribution in [2.24, 2.45) is 0 Å². The quantitative estimate of drug-likeness (QED) is 0.713. The summed E-state index contributed by atoms with van der Waals surface area (Å²) in [5, 5.41) is 2.66. The first-order chi connectivity index (χ1) is 11.1. The highest BCUT2D eigenvalue weighted by Crippen LogP contribution is 2.12. The molecule has 0 spiro atoms. The van der Waals surface area contributed by atoms with E-state index in [9.17, 15) is 13.6 Å². The third-order valence-electron chi connectivity index (χ3n) is 3.06. The summed E-state index contributed by atoms with van der Waals surface area (Å²) in [6.45, 7) is 0.000956. The van der Waals surface area contributed by atoms with Crippen molar-refractivity contribution >= 4 is 17.2 Å². The van der Waals surface area contributed by atoms with Gasteiger partial charge in [0.25, 0.3) is 5.91 Å².